The molecule has 0 aromatic rings. The average molecular weight is 169 g/mol. The van der Waals surface area contributed by atoms with Crippen LogP contribution in [0.1, 0.15) is 40.0 Å². The van der Waals surface area contributed by atoms with E-state index in [0.717, 1.165) is 5.57 Å². The van der Waals surface area contributed by atoms with Crippen LogP contribution in [-0.2, 0) is 4.79 Å². The molecule has 0 spiro atoms. The van der Waals surface area contributed by atoms with E-state index < -0.39 is 5.54 Å². The molecular formula is C10H19NO. The largest absolute Gasteiger partial charge is 0.319 e. The minimum atomic E-state index is -0.626. The molecule has 2 heteroatoms. The van der Waals surface area contributed by atoms with Crippen LogP contribution in [-0.4, -0.2) is 11.3 Å². The Hall–Kier alpha value is -0.630. The smallest absolute Gasteiger partial charge is 0.156 e. The number of hydrogen-bond acceptors (Lipinski definition) is 2. The van der Waals surface area contributed by atoms with E-state index in [2.05, 4.69) is 6.58 Å². The first kappa shape index (κ1) is 11.4. The van der Waals surface area contributed by atoms with E-state index in [9.17, 15) is 4.79 Å². The van der Waals surface area contributed by atoms with E-state index in [1.165, 1.54) is 0 Å². The zero-order chi connectivity index (χ0) is 9.78. The minimum absolute atomic E-state index is 0.111. The number of Topliss-reactive ketones (excluding diaryl/α,β-unsaturated/α-hetero) is 1. The first-order valence-electron chi connectivity index (χ1n) is 4.42. The molecule has 0 unspecified atom stereocenters. The Morgan fingerprint density at radius 2 is 1.83 bits per heavy atom. The fraction of sp³-hybridized carbons (Fsp3) is 0.700. The van der Waals surface area contributed by atoms with Gasteiger partial charge in [0.05, 0.1) is 5.54 Å². The summed E-state index contributed by atoms with van der Waals surface area (Å²) < 4.78 is 0. The molecule has 0 aromatic heterocycles. The Bertz CT molecular complexity index is 180. The van der Waals surface area contributed by atoms with Gasteiger partial charge in [0.2, 0.25) is 0 Å². The number of ketones is 1. The lowest BCUT2D eigenvalue weighted by Gasteiger charge is -2.24. The van der Waals surface area contributed by atoms with Gasteiger partial charge in [-0.15, -0.1) is 0 Å². The van der Waals surface area contributed by atoms with Crippen LogP contribution in [0.25, 0.3) is 0 Å². The first-order valence-corrected chi connectivity index (χ1v) is 4.42. The Morgan fingerprint density at radius 1 is 1.42 bits per heavy atom. The average Bonchev–Trinajstić information content (AvgIpc) is 2.02. The lowest BCUT2D eigenvalue weighted by molar-refractivity contribution is -0.123. The van der Waals surface area contributed by atoms with E-state index >= 15 is 0 Å². The topological polar surface area (TPSA) is 43.1 Å². The van der Waals surface area contributed by atoms with Crippen LogP contribution in [0.4, 0.5) is 0 Å². The van der Waals surface area contributed by atoms with Crippen molar-refractivity contribution in [3.05, 3.63) is 12.2 Å². The molecule has 0 aromatic carbocycles. The van der Waals surface area contributed by atoms with Gasteiger partial charge in [-0.1, -0.05) is 26.0 Å². The van der Waals surface area contributed by atoms with Crippen molar-refractivity contribution in [1.29, 1.82) is 0 Å². The summed E-state index contributed by atoms with van der Waals surface area (Å²) in [4.78, 5) is 11.6. The van der Waals surface area contributed by atoms with Gasteiger partial charge in [0.15, 0.2) is 5.78 Å². The van der Waals surface area contributed by atoms with Crippen LogP contribution in [0, 0.1) is 0 Å². The maximum absolute atomic E-state index is 11.6. The number of allylic oxidation sites excluding steroid dienone is 1. The van der Waals surface area contributed by atoms with Gasteiger partial charge < -0.3 is 5.73 Å². The van der Waals surface area contributed by atoms with Gasteiger partial charge in [-0.25, -0.2) is 0 Å². The Balaban J connectivity index is 4.32. The molecular weight excluding hydrogens is 150 g/mol. The van der Waals surface area contributed by atoms with Gasteiger partial charge >= 0.3 is 0 Å². The Morgan fingerprint density at radius 3 is 2.08 bits per heavy atom. The lowest BCUT2D eigenvalue weighted by Crippen LogP contribution is -2.46. The minimum Gasteiger partial charge on any atom is -0.319 e. The van der Waals surface area contributed by atoms with Crippen LogP contribution in [0.3, 0.4) is 0 Å². The molecule has 0 aliphatic rings. The van der Waals surface area contributed by atoms with Gasteiger partial charge in [-0.05, 0) is 19.8 Å². The number of carbonyl (C=O) groups excluding carboxylic acids is 1. The number of hydrogen-bond donors (Lipinski definition) is 1. The van der Waals surface area contributed by atoms with Gasteiger partial charge in [-0.3, -0.25) is 4.79 Å². The molecule has 2 N–H and O–H groups in total. The zero-order valence-electron chi connectivity index (χ0n) is 8.31. The summed E-state index contributed by atoms with van der Waals surface area (Å²) in [7, 11) is 0. The fourth-order valence-corrected chi connectivity index (χ4v) is 1.09. The molecule has 0 rings (SSSR count). The van der Waals surface area contributed by atoms with E-state index in [1.807, 2.05) is 20.8 Å². The molecule has 70 valence electrons. The van der Waals surface area contributed by atoms with Crippen LogP contribution >= 0.6 is 0 Å². The fourth-order valence-electron chi connectivity index (χ4n) is 1.09. The highest BCUT2D eigenvalue weighted by Gasteiger charge is 2.28. The van der Waals surface area contributed by atoms with Crippen molar-refractivity contribution in [1.82, 2.24) is 0 Å². The molecule has 0 amide bonds. The maximum atomic E-state index is 11.6. The third-order valence-corrected chi connectivity index (χ3v) is 2.28. The summed E-state index contributed by atoms with van der Waals surface area (Å²) in [6, 6.07) is 0. The highest BCUT2D eigenvalue weighted by Crippen LogP contribution is 2.16. The number of nitrogens with two attached hydrogens (primary N) is 1. The molecule has 2 nitrogen and oxygen atoms in total. The molecule has 0 fully saturated rings. The van der Waals surface area contributed by atoms with Gasteiger partial charge in [0, 0.05) is 6.42 Å². The van der Waals surface area contributed by atoms with Crippen LogP contribution in [0.15, 0.2) is 12.2 Å². The highest BCUT2D eigenvalue weighted by molar-refractivity contribution is 5.89. The molecule has 0 saturated heterocycles. The predicted octanol–water partition coefficient (Wildman–Crippen LogP) is 2.04. The summed E-state index contributed by atoms with van der Waals surface area (Å²) in [5.74, 6) is 0.111. The van der Waals surface area contributed by atoms with Crippen molar-refractivity contribution < 1.29 is 4.79 Å². The van der Waals surface area contributed by atoms with E-state index in [1.54, 1.807) is 0 Å². The number of rotatable bonds is 5. The SMILES string of the molecule is C=C(C)CC(=O)C(N)(CC)CC. The van der Waals surface area contributed by atoms with Crippen molar-refractivity contribution in [3.8, 4) is 0 Å². The van der Waals surface area contributed by atoms with Crippen molar-refractivity contribution in [2.75, 3.05) is 0 Å². The normalized spacial score (nSPS) is 11.3. The summed E-state index contributed by atoms with van der Waals surface area (Å²) in [5, 5.41) is 0. The Labute approximate surface area is 74.8 Å². The van der Waals surface area contributed by atoms with E-state index in [0.29, 0.717) is 19.3 Å². The Kier molecular flexibility index (Phi) is 4.18. The summed E-state index contributed by atoms with van der Waals surface area (Å²) in [6.45, 7) is 9.44. The second-order valence-corrected chi connectivity index (χ2v) is 3.42. The van der Waals surface area contributed by atoms with Crippen molar-refractivity contribution >= 4 is 5.78 Å². The van der Waals surface area contributed by atoms with E-state index in [-0.39, 0.29) is 5.78 Å². The molecule has 0 bridgehead atoms. The molecule has 0 saturated carbocycles. The summed E-state index contributed by atoms with van der Waals surface area (Å²) in [5.41, 5.74) is 6.16. The quantitative estimate of drug-likeness (QED) is 0.640. The molecule has 0 atom stereocenters. The van der Waals surface area contributed by atoms with Crippen LogP contribution < -0.4 is 5.73 Å². The van der Waals surface area contributed by atoms with Crippen LogP contribution in [0.5, 0.6) is 0 Å². The monoisotopic (exact) mass is 169 g/mol. The number of carbonyl (C=O) groups is 1. The third kappa shape index (κ3) is 2.78. The predicted molar refractivity (Wildman–Crippen MR) is 51.9 cm³/mol. The summed E-state index contributed by atoms with van der Waals surface area (Å²) >= 11 is 0. The second kappa shape index (κ2) is 4.41. The van der Waals surface area contributed by atoms with Crippen molar-refractivity contribution in [2.24, 2.45) is 5.73 Å². The maximum Gasteiger partial charge on any atom is 0.156 e. The molecule has 0 aliphatic carbocycles. The standard InChI is InChI=1S/C10H19NO/c1-5-10(11,6-2)9(12)7-8(3)4/h3,5-7,11H2,1-2,4H3. The van der Waals surface area contributed by atoms with Gasteiger partial charge in [0.25, 0.3) is 0 Å². The van der Waals surface area contributed by atoms with Crippen molar-refractivity contribution in [2.45, 2.75) is 45.6 Å². The zero-order valence-corrected chi connectivity index (χ0v) is 8.31. The third-order valence-electron chi connectivity index (χ3n) is 2.28. The van der Waals surface area contributed by atoms with Crippen LogP contribution in [0.2, 0.25) is 0 Å². The lowest BCUT2D eigenvalue weighted by atomic mass is 9.86. The molecule has 0 aliphatic heterocycles. The first-order chi connectivity index (χ1) is 5.46. The van der Waals surface area contributed by atoms with Crippen molar-refractivity contribution in [3.63, 3.8) is 0 Å². The molecule has 0 radical (unpaired) electrons. The summed E-state index contributed by atoms with van der Waals surface area (Å²) in [6.07, 6.45) is 1.82. The van der Waals surface area contributed by atoms with Gasteiger partial charge in [-0.2, -0.15) is 0 Å². The second-order valence-electron chi connectivity index (χ2n) is 3.42. The molecule has 0 heterocycles. The molecule has 12 heavy (non-hydrogen) atoms. The highest BCUT2D eigenvalue weighted by atomic mass is 16.1. The van der Waals surface area contributed by atoms with E-state index in [4.69, 9.17) is 5.73 Å². The van der Waals surface area contributed by atoms with Gasteiger partial charge in [0.1, 0.15) is 0 Å².